The highest BCUT2D eigenvalue weighted by Gasteiger charge is 2.22. The first-order valence-corrected chi connectivity index (χ1v) is 12.4. The molecule has 0 atom stereocenters. The molecule has 0 unspecified atom stereocenters. The molecule has 202 valence electrons. The van der Waals surface area contributed by atoms with E-state index in [1.54, 1.807) is 48.2 Å². The number of aromatic nitrogens is 5. The van der Waals surface area contributed by atoms with E-state index in [4.69, 9.17) is 33.4 Å². The minimum Gasteiger partial charge on any atom is -0.493 e. The van der Waals surface area contributed by atoms with Gasteiger partial charge in [0, 0.05) is 11.1 Å². The van der Waals surface area contributed by atoms with Gasteiger partial charge in [-0.05, 0) is 24.3 Å². The Hall–Kier alpha value is -4.78. The molecule has 0 aliphatic carbocycles. The highest BCUT2D eigenvalue weighted by Crippen LogP contribution is 2.45. The fraction of sp³-hybridized carbons (Fsp3) is 0.231. The number of aromatic amines is 1. The van der Waals surface area contributed by atoms with Crippen LogP contribution >= 0.6 is 11.3 Å². The maximum Gasteiger partial charge on any atom is 0.203 e. The molecule has 0 saturated heterocycles. The standard InChI is InChI=1S/C26H26N6O6S/c1-33-15-7-13(8-16(34-2)21(15)37-5)19-25(32-24-20-26(28-11-27-24)39-12-29-20)31-23(30-19)14-9-17(35-3)22(38-6)18(10-14)36-4/h7-12H,1-6H3,(H,30,31)(H,27,28,32). The van der Waals surface area contributed by atoms with Gasteiger partial charge in [0.1, 0.15) is 22.5 Å². The molecule has 2 N–H and O–H groups in total. The van der Waals surface area contributed by atoms with Crippen molar-refractivity contribution in [1.29, 1.82) is 0 Å². The molecule has 0 saturated carbocycles. The first kappa shape index (κ1) is 25.9. The third kappa shape index (κ3) is 4.68. The van der Waals surface area contributed by atoms with Gasteiger partial charge in [-0.1, -0.05) is 0 Å². The van der Waals surface area contributed by atoms with Gasteiger partial charge in [-0.25, -0.2) is 19.9 Å². The zero-order valence-corrected chi connectivity index (χ0v) is 22.9. The molecular formula is C26H26N6O6S. The Morgan fingerprint density at radius 2 is 1.23 bits per heavy atom. The average Bonchev–Trinajstić information content (AvgIpc) is 3.63. The lowest BCUT2D eigenvalue weighted by Crippen LogP contribution is -1.99. The number of nitrogens with one attached hydrogen (secondary N) is 2. The predicted molar refractivity (Wildman–Crippen MR) is 147 cm³/mol. The Morgan fingerprint density at radius 1 is 0.667 bits per heavy atom. The van der Waals surface area contributed by atoms with Crippen molar-refractivity contribution in [2.24, 2.45) is 0 Å². The number of hydrogen-bond acceptors (Lipinski definition) is 12. The molecule has 0 fully saturated rings. The van der Waals surface area contributed by atoms with Crippen molar-refractivity contribution in [1.82, 2.24) is 24.9 Å². The second kappa shape index (κ2) is 10.9. The van der Waals surface area contributed by atoms with E-state index in [1.165, 1.54) is 17.7 Å². The van der Waals surface area contributed by atoms with Crippen LogP contribution in [0.15, 0.2) is 36.1 Å². The number of nitrogens with zero attached hydrogens (tertiary/aromatic N) is 4. The normalized spacial score (nSPS) is 10.8. The lowest BCUT2D eigenvalue weighted by atomic mass is 10.1. The Balaban J connectivity index is 1.71. The van der Waals surface area contributed by atoms with E-state index in [0.29, 0.717) is 68.7 Å². The predicted octanol–water partition coefficient (Wildman–Crippen LogP) is 4.94. The summed E-state index contributed by atoms with van der Waals surface area (Å²) in [5, 5.41) is 3.32. The molecule has 0 aliphatic rings. The van der Waals surface area contributed by atoms with Gasteiger partial charge in [0.05, 0.1) is 53.9 Å². The van der Waals surface area contributed by atoms with Crippen molar-refractivity contribution >= 4 is 33.3 Å². The fourth-order valence-corrected chi connectivity index (χ4v) is 4.78. The van der Waals surface area contributed by atoms with Gasteiger partial charge in [-0.2, -0.15) is 0 Å². The topological polar surface area (TPSA) is 135 Å². The first-order valence-electron chi connectivity index (χ1n) is 11.6. The maximum absolute atomic E-state index is 5.59. The Kier molecular flexibility index (Phi) is 7.23. The summed E-state index contributed by atoms with van der Waals surface area (Å²) in [7, 11) is 9.36. The Bertz CT molecular complexity index is 1580. The Labute approximate surface area is 227 Å². The van der Waals surface area contributed by atoms with Gasteiger partial charge in [0.25, 0.3) is 0 Å². The van der Waals surface area contributed by atoms with Gasteiger partial charge in [-0.15, -0.1) is 11.3 Å². The molecule has 2 aromatic carbocycles. The number of methoxy groups -OCH3 is 6. The molecule has 0 aliphatic heterocycles. The third-order valence-corrected chi connectivity index (χ3v) is 6.70. The lowest BCUT2D eigenvalue weighted by Gasteiger charge is -2.14. The van der Waals surface area contributed by atoms with Crippen LogP contribution in [0.3, 0.4) is 0 Å². The van der Waals surface area contributed by atoms with Gasteiger partial charge >= 0.3 is 0 Å². The molecule has 13 heteroatoms. The maximum atomic E-state index is 5.59. The summed E-state index contributed by atoms with van der Waals surface area (Å²) in [6, 6.07) is 7.29. The molecule has 5 rings (SSSR count). The summed E-state index contributed by atoms with van der Waals surface area (Å²) in [6.45, 7) is 0. The number of anilines is 2. The fourth-order valence-electron chi connectivity index (χ4n) is 4.15. The zero-order valence-electron chi connectivity index (χ0n) is 22.1. The van der Waals surface area contributed by atoms with Crippen molar-refractivity contribution in [3.8, 4) is 57.1 Å². The van der Waals surface area contributed by atoms with Crippen molar-refractivity contribution in [2.45, 2.75) is 0 Å². The van der Waals surface area contributed by atoms with Crippen LogP contribution in [0.25, 0.3) is 33.0 Å². The number of imidazole rings is 1. The SMILES string of the molecule is COc1cc(-c2nc(Nc3ncnc4scnc34)c(-c3cc(OC)c(OC)c(OC)c3)[nH]2)cc(OC)c1OC. The molecule has 3 aromatic heterocycles. The monoisotopic (exact) mass is 550 g/mol. The van der Waals surface area contributed by atoms with Gasteiger partial charge in [0.15, 0.2) is 34.6 Å². The van der Waals surface area contributed by atoms with Gasteiger partial charge in [0.2, 0.25) is 11.5 Å². The van der Waals surface area contributed by atoms with Crippen LogP contribution in [0.5, 0.6) is 34.5 Å². The minimum absolute atomic E-state index is 0.475. The molecule has 12 nitrogen and oxygen atoms in total. The molecular weight excluding hydrogens is 524 g/mol. The van der Waals surface area contributed by atoms with Crippen LogP contribution in [0.4, 0.5) is 11.6 Å². The zero-order chi connectivity index (χ0) is 27.5. The van der Waals surface area contributed by atoms with Crippen molar-refractivity contribution in [3.63, 3.8) is 0 Å². The lowest BCUT2D eigenvalue weighted by molar-refractivity contribution is 0.324. The number of benzene rings is 2. The van der Waals surface area contributed by atoms with E-state index in [0.717, 1.165) is 10.4 Å². The third-order valence-electron chi connectivity index (χ3n) is 5.97. The second-order valence-corrected chi connectivity index (χ2v) is 8.82. The number of thiazole rings is 1. The van der Waals surface area contributed by atoms with Crippen molar-refractivity contribution in [2.75, 3.05) is 48.0 Å². The molecule has 0 radical (unpaired) electrons. The molecule has 3 heterocycles. The van der Waals surface area contributed by atoms with Crippen LogP contribution in [0, 0.1) is 0 Å². The number of ether oxygens (including phenoxy) is 6. The molecule has 39 heavy (non-hydrogen) atoms. The summed E-state index contributed by atoms with van der Waals surface area (Å²) >= 11 is 1.42. The Morgan fingerprint density at radius 3 is 1.77 bits per heavy atom. The number of H-pyrrole nitrogens is 1. The number of rotatable bonds is 10. The average molecular weight is 551 g/mol. The van der Waals surface area contributed by atoms with E-state index >= 15 is 0 Å². The van der Waals surface area contributed by atoms with Crippen LogP contribution in [-0.2, 0) is 0 Å². The highest BCUT2D eigenvalue weighted by atomic mass is 32.1. The van der Waals surface area contributed by atoms with E-state index < -0.39 is 0 Å². The van der Waals surface area contributed by atoms with Crippen LogP contribution in [0.1, 0.15) is 0 Å². The van der Waals surface area contributed by atoms with E-state index in [2.05, 4.69) is 25.3 Å². The largest absolute Gasteiger partial charge is 0.493 e. The molecule has 0 spiro atoms. The molecule has 0 amide bonds. The van der Waals surface area contributed by atoms with E-state index in [-0.39, 0.29) is 0 Å². The van der Waals surface area contributed by atoms with Crippen molar-refractivity contribution in [3.05, 3.63) is 36.1 Å². The summed E-state index contributed by atoms with van der Waals surface area (Å²) in [5.74, 6) is 4.45. The summed E-state index contributed by atoms with van der Waals surface area (Å²) < 4.78 is 33.3. The minimum atomic E-state index is 0.475. The highest BCUT2D eigenvalue weighted by molar-refractivity contribution is 7.16. The van der Waals surface area contributed by atoms with Crippen LogP contribution < -0.4 is 33.7 Å². The van der Waals surface area contributed by atoms with Crippen LogP contribution in [-0.4, -0.2) is 67.6 Å². The van der Waals surface area contributed by atoms with E-state index in [1.807, 2.05) is 24.3 Å². The van der Waals surface area contributed by atoms with E-state index in [9.17, 15) is 0 Å². The number of hydrogen-bond donors (Lipinski definition) is 2. The molecule has 0 bridgehead atoms. The smallest absolute Gasteiger partial charge is 0.203 e. The van der Waals surface area contributed by atoms with Crippen LogP contribution in [0.2, 0.25) is 0 Å². The summed E-state index contributed by atoms with van der Waals surface area (Å²) in [6.07, 6.45) is 1.48. The van der Waals surface area contributed by atoms with Gasteiger partial charge < -0.3 is 38.7 Å². The molecule has 5 aromatic rings. The first-order chi connectivity index (χ1) is 19.0. The van der Waals surface area contributed by atoms with Gasteiger partial charge in [-0.3, -0.25) is 0 Å². The second-order valence-electron chi connectivity index (χ2n) is 7.99. The summed E-state index contributed by atoms with van der Waals surface area (Å²) in [5.41, 5.74) is 4.42. The number of fused-ring (bicyclic) bond motifs is 1. The quantitative estimate of drug-likeness (QED) is 0.245. The summed E-state index contributed by atoms with van der Waals surface area (Å²) in [4.78, 5) is 22.2. The van der Waals surface area contributed by atoms with Crippen molar-refractivity contribution < 1.29 is 28.4 Å².